The second-order valence-corrected chi connectivity index (χ2v) is 5.50. The molecule has 2 saturated heterocycles. The van der Waals surface area contributed by atoms with Gasteiger partial charge in [0.05, 0.1) is 0 Å². The summed E-state index contributed by atoms with van der Waals surface area (Å²) in [6.07, 6.45) is 5.90. The number of anilines is 1. The standard InChI is InChI=1S/C13H15N/c1-2-4-11(5-3-1)14-10-12-6-7-13(14,8-12)9-12/h1-5H,6-10H2. The summed E-state index contributed by atoms with van der Waals surface area (Å²) in [6, 6.07) is 11.0. The normalized spacial score (nSPS) is 42.7. The summed E-state index contributed by atoms with van der Waals surface area (Å²) >= 11 is 0. The van der Waals surface area contributed by atoms with Gasteiger partial charge in [0.15, 0.2) is 0 Å². The van der Waals surface area contributed by atoms with Crippen LogP contribution in [-0.2, 0) is 0 Å². The predicted octanol–water partition coefficient (Wildman–Crippen LogP) is 2.82. The predicted molar refractivity (Wildman–Crippen MR) is 57.4 cm³/mol. The molecule has 0 amide bonds. The van der Waals surface area contributed by atoms with Gasteiger partial charge in [-0.05, 0) is 43.2 Å². The van der Waals surface area contributed by atoms with Crippen molar-refractivity contribution in [3.8, 4) is 0 Å². The Morgan fingerprint density at radius 3 is 2.36 bits per heavy atom. The summed E-state index contributed by atoms with van der Waals surface area (Å²) in [7, 11) is 0. The van der Waals surface area contributed by atoms with E-state index in [0.717, 1.165) is 5.41 Å². The molecule has 2 heterocycles. The van der Waals surface area contributed by atoms with Gasteiger partial charge in [0.25, 0.3) is 0 Å². The molecule has 1 aromatic rings. The number of piperidine rings is 1. The highest BCUT2D eigenvalue weighted by Gasteiger charge is 2.69. The van der Waals surface area contributed by atoms with Gasteiger partial charge in [-0.15, -0.1) is 0 Å². The van der Waals surface area contributed by atoms with E-state index in [2.05, 4.69) is 35.2 Å². The van der Waals surface area contributed by atoms with Crippen molar-refractivity contribution in [1.29, 1.82) is 0 Å². The van der Waals surface area contributed by atoms with Crippen LogP contribution in [0.25, 0.3) is 0 Å². The minimum atomic E-state index is 0.599. The molecule has 2 bridgehead atoms. The highest BCUT2D eigenvalue weighted by molar-refractivity contribution is 5.56. The highest BCUT2D eigenvalue weighted by Crippen LogP contribution is 2.70. The van der Waals surface area contributed by atoms with Crippen LogP contribution in [0, 0.1) is 5.41 Å². The lowest BCUT2D eigenvalue weighted by molar-refractivity contribution is 0.219. The Balaban J connectivity index is 1.77. The lowest BCUT2D eigenvalue weighted by Crippen LogP contribution is -2.42. The molecule has 14 heavy (non-hydrogen) atoms. The summed E-state index contributed by atoms with van der Waals surface area (Å²) in [4.78, 5) is 2.68. The maximum absolute atomic E-state index is 2.68. The molecule has 0 unspecified atom stereocenters. The average Bonchev–Trinajstić information content (AvgIpc) is 2.87. The van der Waals surface area contributed by atoms with Crippen molar-refractivity contribution >= 4 is 5.69 Å². The van der Waals surface area contributed by atoms with Crippen molar-refractivity contribution in [2.75, 3.05) is 11.4 Å². The number of fused-ring (bicyclic) bond motifs is 2. The largest absolute Gasteiger partial charge is 0.365 e. The van der Waals surface area contributed by atoms with Crippen molar-refractivity contribution < 1.29 is 0 Å². The Labute approximate surface area is 84.7 Å². The zero-order chi connectivity index (χ0) is 9.23. The lowest BCUT2D eigenvalue weighted by Gasteiger charge is -2.39. The van der Waals surface area contributed by atoms with Crippen molar-refractivity contribution in [2.24, 2.45) is 5.41 Å². The SMILES string of the molecule is c1ccc(N2CC34CCC2(C3)C4)cc1. The van der Waals surface area contributed by atoms with Gasteiger partial charge in [-0.1, -0.05) is 18.2 Å². The van der Waals surface area contributed by atoms with Crippen LogP contribution in [0.15, 0.2) is 30.3 Å². The van der Waals surface area contributed by atoms with Crippen molar-refractivity contribution in [3.63, 3.8) is 0 Å². The fourth-order valence-electron chi connectivity index (χ4n) is 4.19. The first-order valence-electron chi connectivity index (χ1n) is 5.65. The van der Waals surface area contributed by atoms with Crippen molar-refractivity contribution in [1.82, 2.24) is 0 Å². The van der Waals surface area contributed by atoms with E-state index < -0.39 is 0 Å². The molecule has 0 N–H and O–H groups in total. The van der Waals surface area contributed by atoms with E-state index in [4.69, 9.17) is 0 Å². The molecule has 5 fully saturated rings. The molecular formula is C13H15N. The van der Waals surface area contributed by atoms with E-state index in [0.29, 0.717) is 5.54 Å². The van der Waals surface area contributed by atoms with Gasteiger partial charge in [0.2, 0.25) is 0 Å². The number of para-hydroxylation sites is 1. The topological polar surface area (TPSA) is 3.24 Å². The molecule has 0 aromatic heterocycles. The van der Waals surface area contributed by atoms with Gasteiger partial charge in [-0.25, -0.2) is 0 Å². The fraction of sp³-hybridized carbons (Fsp3) is 0.538. The monoisotopic (exact) mass is 185 g/mol. The van der Waals surface area contributed by atoms with E-state index in [1.54, 1.807) is 0 Å². The Morgan fingerprint density at radius 1 is 1.00 bits per heavy atom. The molecule has 1 nitrogen and oxygen atoms in total. The van der Waals surface area contributed by atoms with E-state index in [1.807, 2.05) is 0 Å². The zero-order valence-corrected chi connectivity index (χ0v) is 8.37. The van der Waals surface area contributed by atoms with Crippen molar-refractivity contribution in [2.45, 2.75) is 31.2 Å². The van der Waals surface area contributed by atoms with Crippen LogP contribution in [0.2, 0.25) is 0 Å². The molecule has 72 valence electrons. The molecule has 6 rings (SSSR count). The summed E-state index contributed by atoms with van der Waals surface area (Å²) in [6.45, 7) is 1.33. The van der Waals surface area contributed by atoms with Gasteiger partial charge in [-0.3, -0.25) is 0 Å². The maximum atomic E-state index is 2.68. The lowest BCUT2D eigenvalue weighted by atomic mass is 9.70. The molecule has 0 atom stereocenters. The fourth-order valence-corrected chi connectivity index (χ4v) is 4.19. The maximum Gasteiger partial charge on any atom is 0.0414 e. The molecule has 0 radical (unpaired) electrons. The van der Waals surface area contributed by atoms with Crippen molar-refractivity contribution in [3.05, 3.63) is 30.3 Å². The zero-order valence-electron chi connectivity index (χ0n) is 8.37. The molecule has 5 aliphatic rings. The van der Waals surface area contributed by atoms with Crippen LogP contribution in [0.3, 0.4) is 0 Å². The molecule has 0 spiro atoms. The number of rotatable bonds is 1. The van der Waals surface area contributed by atoms with Crippen LogP contribution in [0.1, 0.15) is 25.7 Å². The number of hydrogen-bond donors (Lipinski definition) is 0. The summed E-state index contributed by atoms with van der Waals surface area (Å²) in [5.74, 6) is 0. The third kappa shape index (κ3) is 0.658. The second kappa shape index (κ2) is 2.00. The Kier molecular flexibility index (Phi) is 1.05. The van der Waals surface area contributed by atoms with Gasteiger partial charge >= 0.3 is 0 Å². The Hall–Kier alpha value is -0.980. The van der Waals surface area contributed by atoms with Crippen LogP contribution < -0.4 is 4.90 Å². The first-order valence-corrected chi connectivity index (χ1v) is 5.65. The van der Waals surface area contributed by atoms with Gasteiger partial charge in [-0.2, -0.15) is 0 Å². The highest BCUT2D eigenvalue weighted by atomic mass is 15.3. The van der Waals surface area contributed by atoms with Gasteiger partial charge in [0.1, 0.15) is 0 Å². The van der Waals surface area contributed by atoms with E-state index in [-0.39, 0.29) is 0 Å². The third-order valence-corrected chi connectivity index (χ3v) is 4.66. The molecule has 1 aromatic carbocycles. The minimum absolute atomic E-state index is 0.599. The molecule has 1 heteroatoms. The quantitative estimate of drug-likeness (QED) is 0.650. The van der Waals surface area contributed by atoms with Gasteiger partial charge in [0, 0.05) is 17.8 Å². The Morgan fingerprint density at radius 2 is 1.79 bits per heavy atom. The van der Waals surface area contributed by atoms with Crippen LogP contribution in [0.4, 0.5) is 5.69 Å². The molecule has 3 aliphatic carbocycles. The minimum Gasteiger partial charge on any atom is -0.365 e. The molecule has 2 aliphatic heterocycles. The van der Waals surface area contributed by atoms with Crippen LogP contribution >= 0.6 is 0 Å². The summed E-state index contributed by atoms with van der Waals surface area (Å²) in [5.41, 5.74) is 2.79. The average molecular weight is 185 g/mol. The van der Waals surface area contributed by atoms with E-state index >= 15 is 0 Å². The van der Waals surface area contributed by atoms with Gasteiger partial charge < -0.3 is 4.90 Å². The number of benzene rings is 1. The molecular weight excluding hydrogens is 170 g/mol. The first kappa shape index (κ1) is 7.33. The second-order valence-electron chi connectivity index (χ2n) is 5.50. The summed E-state index contributed by atoms with van der Waals surface area (Å²) in [5, 5.41) is 0. The number of hydrogen-bond acceptors (Lipinski definition) is 1. The Bertz CT molecular complexity index is 375. The molecule has 3 saturated carbocycles. The smallest absolute Gasteiger partial charge is 0.0414 e. The first-order chi connectivity index (χ1) is 6.82. The van der Waals surface area contributed by atoms with E-state index in [1.165, 1.54) is 37.9 Å². The summed E-state index contributed by atoms with van der Waals surface area (Å²) < 4.78 is 0. The van der Waals surface area contributed by atoms with Crippen LogP contribution in [-0.4, -0.2) is 12.1 Å². The van der Waals surface area contributed by atoms with E-state index in [9.17, 15) is 0 Å². The third-order valence-electron chi connectivity index (χ3n) is 4.66. The number of nitrogens with zero attached hydrogens (tertiary/aromatic N) is 1. The van der Waals surface area contributed by atoms with Crippen LogP contribution in [0.5, 0.6) is 0 Å².